The smallest absolute Gasteiger partial charge is 0.328 e. The first-order valence-electron chi connectivity index (χ1n) is 8.79. The number of ether oxygens (including phenoxy) is 1. The van der Waals surface area contributed by atoms with Crippen LogP contribution >= 0.6 is 0 Å². The third-order valence-electron chi connectivity index (χ3n) is 4.04. The monoisotopic (exact) mass is 347 g/mol. The molecule has 0 aliphatic carbocycles. The van der Waals surface area contributed by atoms with Gasteiger partial charge in [0.25, 0.3) is 0 Å². The number of hydrogen-bond donors (Lipinski definition) is 2. The van der Waals surface area contributed by atoms with Gasteiger partial charge in [0, 0.05) is 24.1 Å². The lowest BCUT2D eigenvalue weighted by Gasteiger charge is -2.28. The third kappa shape index (κ3) is 7.42. The summed E-state index contributed by atoms with van der Waals surface area (Å²) in [5.41, 5.74) is 1.12. The molecule has 1 aromatic carbocycles. The number of carbonyl (C=O) groups is 2. The molecule has 2 N–H and O–H groups in total. The van der Waals surface area contributed by atoms with Crippen molar-refractivity contribution in [2.45, 2.75) is 52.5 Å². The van der Waals surface area contributed by atoms with Crippen molar-refractivity contribution < 1.29 is 19.4 Å². The first kappa shape index (κ1) is 20.7. The summed E-state index contributed by atoms with van der Waals surface area (Å²) in [6, 6.07) is 7.85. The van der Waals surface area contributed by atoms with E-state index >= 15 is 0 Å². The summed E-state index contributed by atoms with van der Waals surface area (Å²) in [4.78, 5) is 22.3. The van der Waals surface area contributed by atoms with E-state index in [4.69, 9.17) is 9.84 Å². The largest absolute Gasteiger partial charge is 0.494 e. The van der Waals surface area contributed by atoms with Gasteiger partial charge in [0.2, 0.25) is 5.91 Å². The van der Waals surface area contributed by atoms with Crippen molar-refractivity contribution in [1.82, 2.24) is 5.32 Å². The quantitative estimate of drug-likeness (QED) is 0.499. The predicted octanol–water partition coefficient (Wildman–Crippen LogP) is 3.75. The molecule has 1 aromatic rings. The van der Waals surface area contributed by atoms with Crippen molar-refractivity contribution in [3.63, 3.8) is 0 Å². The summed E-state index contributed by atoms with van der Waals surface area (Å²) >= 11 is 0. The number of carboxylic acid groups (broad SMARTS) is 1. The van der Waals surface area contributed by atoms with Gasteiger partial charge >= 0.3 is 5.97 Å². The zero-order chi connectivity index (χ0) is 18.8. The van der Waals surface area contributed by atoms with Gasteiger partial charge < -0.3 is 15.2 Å². The minimum absolute atomic E-state index is 0.117. The Morgan fingerprint density at radius 3 is 2.32 bits per heavy atom. The third-order valence-corrected chi connectivity index (χ3v) is 4.04. The summed E-state index contributed by atoms with van der Waals surface area (Å²) in [6.07, 6.45) is 4.01. The molecule has 5 nitrogen and oxygen atoms in total. The molecule has 2 atom stereocenters. The fourth-order valence-corrected chi connectivity index (χ4v) is 2.88. The van der Waals surface area contributed by atoms with Gasteiger partial charge in [0.15, 0.2) is 0 Å². The van der Waals surface area contributed by atoms with Crippen LogP contribution in [0.4, 0.5) is 0 Å². The molecule has 0 aromatic heterocycles. The SMILES string of the molecule is CCCCOc1ccc([C@@H](C(C)C)[C@H](C)NC(=O)/C=C/C(=O)O)cc1. The second-order valence-corrected chi connectivity index (χ2v) is 6.51. The van der Waals surface area contributed by atoms with Crippen LogP contribution in [0.25, 0.3) is 0 Å². The average molecular weight is 347 g/mol. The molecule has 0 radical (unpaired) electrons. The summed E-state index contributed by atoms with van der Waals surface area (Å²) in [7, 11) is 0. The van der Waals surface area contributed by atoms with Gasteiger partial charge in [-0.15, -0.1) is 0 Å². The molecule has 0 aliphatic heterocycles. The van der Waals surface area contributed by atoms with E-state index in [1.165, 1.54) is 0 Å². The van der Waals surface area contributed by atoms with E-state index in [9.17, 15) is 9.59 Å². The molecule has 1 rings (SSSR count). The minimum Gasteiger partial charge on any atom is -0.494 e. The van der Waals surface area contributed by atoms with Crippen LogP contribution in [0.5, 0.6) is 5.75 Å². The van der Waals surface area contributed by atoms with Gasteiger partial charge in [-0.2, -0.15) is 0 Å². The zero-order valence-corrected chi connectivity index (χ0v) is 15.5. The Labute approximate surface area is 150 Å². The van der Waals surface area contributed by atoms with Crippen LogP contribution in [0.1, 0.15) is 52.0 Å². The molecular weight excluding hydrogens is 318 g/mol. The molecule has 138 valence electrons. The lowest BCUT2D eigenvalue weighted by molar-refractivity contribution is -0.131. The standard InChI is InChI=1S/C20H29NO4/c1-5-6-13-25-17-9-7-16(8-10-17)20(14(2)3)15(4)21-18(22)11-12-19(23)24/h7-12,14-15,20H,5-6,13H2,1-4H3,(H,21,22)(H,23,24)/b12-11+/t15-,20-/m0/s1. The average Bonchev–Trinajstić information content (AvgIpc) is 2.54. The molecule has 1 amide bonds. The van der Waals surface area contributed by atoms with Gasteiger partial charge in [0.1, 0.15) is 5.75 Å². The molecular formula is C20H29NO4. The Balaban J connectivity index is 2.78. The fraction of sp³-hybridized carbons (Fsp3) is 0.500. The fourth-order valence-electron chi connectivity index (χ4n) is 2.88. The van der Waals surface area contributed by atoms with Crippen LogP contribution in [0, 0.1) is 5.92 Å². The summed E-state index contributed by atoms with van der Waals surface area (Å²) in [5.74, 6) is -0.264. The molecule has 0 saturated carbocycles. The predicted molar refractivity (Wildman–Crippen MR) is 98.8 cm³/mol. The van der Waals surface area contributed by atoms with E-state index in [1.807, 2.05) is 31.2 Å². The molecule has 5 heteroatoms. The second-order valence-electron chi connectivity index (χ2n) is 6.51. The molecule has 0 heterocycles. The van der Waals surface area contributed by atoms with Gasteiger partial charge in [0.05, 0.1) is 6.61 Å². The number of hydrogen-bond acceptors (Lipinski definition) is 3. The van der Waals surface area contributed by atoms with Crippen molar-refractivity contribution in [1.29, 1.82) is 0 Å². The van der Waals surface area contributed by atoms with Crippen LogP contribution in [0.15, 0.2) is 36.4 Å². The summed E-state index contributed by atoms with van der Waals surface area (Å²) in [5, 5.41) is 11.4. The molecule has 0 aliphatic rings. The highest BCUT2D eigenvalue weighted by Gasteiger charge is 2.23. The molecule has 0 bridgehead atoms. The number of benzene rings is 1. The van der Waals surface area contributed by atoms with Crippen LogP contribution in [-0.4, -0.2) is 29.6 Å². The van der Waals surface area contributed by atoms with Crippen molar-refractivity contribution in [3.8, 4) is 5.75 Å². The maximum absolute atomic E-state index is 11.8. The Hall–Kier alpha value is -2.30. The second kappa shape index (κ2) is 10.5. The van der Waals surface area contributed by atoms with E-state index in [1.54, 1.807) is 0 Å². The molecule has 0 unspecified atom stereocenters. The Morgan fingerprint density at radius 2 is 1.80 bits per heavy atom. The molecule has 0 fully saturated rings. The van der Waals surface area contributed by atoms with E-state index < -0.39 is 11.9 Å². The van der Waals surface area contributed by atoms with E-state index in [2.05, 4.69) is 26.1 Å². The van der Waals surface area contributed by atoms with Crippen molar-refractivity contribution in [3.05, 3.63) is 42.0 Å². The lowest BCUT2D eigenvalue weighted by atomic mass is 9.83. The number of unbranched alkanes of at least 4 members (excludes halogenated alkanes) is 1. The number of rotatable bonds is 10. The topological polar surface area (TPSA) is 75.6 Å². The van der Waals surface area contributed by atoms with E-state index in [0.29, 0.717) is 12.5 Å². The minimum atomic E-state index is -1.14. The highest BCUT2D eigenvalue weighted by Crippen LogP contribution is 2.29. The Bertz CT molecular complexity index is 578. The molecule has 0 saturated heterocycles. The maximum Gasteiger partial charge on any atom is 0.328 e. The molecule has 0 spiro atoms. The Morgan fingerprint density at radius 1 is 1.16 bits per heavy atom. The number of nitrogens with one attached hydrogen (secondary N) is 1. The van der Waals surface area contributed by atoms with Gasteiger partial charge in [-0.1, -0.05) is 39.3 Å². The maximum atomic E-state index is 11.8. The zero-order valence-electron chi connectivity index (χ0n) is 15.5. The number of aliphatic carboxylic acids is 1. The van der Waals surface area contributed by atoms with Crippen molar-refractivity contribution in [2.75, 3.05) is 6.61 Å². The highest BCUT2D eigenvalue weighted by atomic mass is 16.5. The summed E-state index contributed by atoms with van der Waals surface area (Å²) < 4.78 is 5.69. The first-order valence-corrected chi connectivity index (χ1v) is 8.79. The number of amides is 1. The first-order chi connectivity index (χ1) is 11.8. The molecule has 25 heavy (non-hydrogen) atoms. The number of carbonyl (C=O) groups excluding carboxylic acids is 1. The van der Waals surface area contributed by atoms with E-state index in [-0.39, 0.29) is 12.0 Å². The Kier molecular flexibility index (Phi) is 8.75. The van der Waals surface area contributed by atoms with Crippen LogP contribution < -0.4 is 10.1 Å². The van der Waals surface area contributed by atoms with Crippen LogP contribution in [-0.2, 0) is 9.59 Å². The van der Waals surface area contributed by atoms with Gasteiger partial charge in [-0.05, 0) is 37.0 Å². The van der Waals surface area contributed by atoms with E-state index in [0.717, 1.165) is 36.3 Å². The van der Waals surface area contributed by atoms with Crippen molar-refractivity contribution >= 4 is 11.9 Å². The highest BCUT2D eigenvalue weighted by molar-refractivity contribution is 5.94. The number of carboxylic acids is 1. The van der Waals surface area contributed by atoms with Crippen LogP contribution in [0.3, 0.4) is 0 Å². The normalized spacial score (nSPS) is 13.6. The van der Waals surface area contributed by atoms with Crippen molar-refractivity contribution in [2.24, 2.45) is 5.92 Å². The van der Waals surface area contributed by atoms with Gasteiger partial charge in [-0.25, -0.2) is 4.79 Å². The van der Waals surface area contributed by atoms with Crippen LogP contribution in [0.2, 0.25) is 0 Å². The van der Waals surface area contributed by atoms with Gasteiger partial charge in [-0.3, -0.25) is 4.79 Å². The lowest BCUT2D eigenvalue weighted by Crippen LogP contribution is -2.38. The summed E-state index contributed by atoms with van der Waals surface area (Å²) in [6.45, 7) is 8.98.